The number of nitrogens with one attached hydrogen (secondary N) is 1. The van der Waals surface area contributed by atoms with E-state index in [2.05, 4.69) is 33.0 Å². The minimum absolute atomic E-state index is 0.471. The van der Waals surface area contributed by atoms with Gasteiger partial charge in [0.1, 0.15) is 0 Å². The molecule has 1 rings (SSSR count). The van der Waals surface area contributed by atoms with Crippen LogP contribution in [0.2, 0.25) is 0 Å². The highest BCUT2D eigenvalue weighted by Gasteiger charge is 2.55. The van der Waals surface area contributed by atoms with Gasteiger partial charge in [0.2, 0.25) is 0 Å². The van der Waals surface area contributed by atoms with Crippen LogP contribution in [0, 0.1) is 23.2 Å². The van der Waals surface area contributed by atoms with Gasteiger partial charge in [0.25, 0.3) is 0 Å². The monoisotopic (exact) mass is 213 g/mol. The molecule has 0 amide bonds. The molecule has 2 heteroatoms. The molecule has 0 aromatic rings. The maximum Gasteiger partial charge on any atom is 0.0524 e. The normalized spacial score (nSPS) is 30.2. The van der Waals surface area contributed by atoms with Crippen LogP contribution in [-0.2, 0) is 4.74 Å². The molecule has 0 aliphatic heterocycles. The van der Waals surface area contributed by atoms with Crippen molar-refractivity contribution < 1.29 is 4.74 Å². The Kier molecular flexibility index (Phi) is 4.60. The van der Waals surface area contributed by atoms with Gasteiger partial charge in [-0.3, -0.25) is 0 Å². The Morgan fingerprint density at radius 2 is 2.00 bits per heavy atom. The molecule has 1 aliphatic carbocycles. The van der Waals surface area contributed by atoms with Gasteiger partial charge in [0.05, 0.1) is 6.61 Å². The van der Waals surface area contributed by atoms with E-state index in [1.807, 2.05) is 7.11 Å². The first-order valence-electron chi connectivity index (χ1n) is 6.22. The molecule has 0 aromatic heterocycles. The molecule has 1 fully saturated rings. The number of methoxy groups -OCH3 is 1. The molecule has 15 heavy (non-hydrogen) atoms. The van der Waals surface area contributed by atoms with Crippen molar-refractivity contribution >= 4 is 0 Å². The SMILES string of the molecule is COCC1(C(C)C)CC1CNCC(C)C. The highest BCUT2D eigenvalue weighted by Crippen LogP contribution is 2.57. The van der Waals surface area contributed by atoms with Gasteiger partial charge in [-0.2, -0.15) is 0 Å². The van der Waals surface area contributed by atoms with Crippen LogP contribution in [0.25, 0.3) is 0 Å². The first-order chi connectivity index (χ1) is 7.03. The van der Waals surface area contributed by atoms with E-state index in [4.69, 9.17) is 4.74 Å². The zero-order valence-electron chi connectivity index (χ0n) is 11.0. The molecule has 0 bridgehead atoms. The van der Waals surface area contributed by atoms with Crippen LogP contribution in [-0.4, -0.2) is 26.8 Å². The van der Waals surface area contributed by atoms with Gasteiger partial charge in [-0.15, -0.1) is 0 Å². The molecule has 1 saturated carbocycles. The lowest BCUT2D eigenvalue weighted by Crippen LogP contribution is -2.27. The Bertz CT molecular complexity index is 191. The van der Waals surface area contributed by atoms with Crippen molar-refractivity contribution in [2.45, 2.75) is 34.1 Å². The van der Waals surface area contributed by atoms with Crippen LogP contribution in [0.5, 0.6) is 0 Å². The van der Waals surface area contributed by atoms with E-state index in [-0.39, 0.29) is 0 Å². The van der Waals surface area contributed by atoms with Gasteiger partial charge in [0.15, 0.2) is 0 Å². The highest BCUT2D eigenvalue weighted by molar-refractivity contribution is 5.04. The lowest BCUT2D eigenvalue weighted by atomic mass is 9.90. The summed E-state index contributed by atoms with van der Waals surface area (Å²) < 4.78 is 5.36. The van der Waals surface area contributed by atoms with Crippen molar-refractivity contribution in [1.29, 1.82) is 0 Å². The molecule has 0 saturated heterocycles. The van der Waals surface area contributed by atoms with Crippen molar-refractivity contribution in [3.8, 4) is 0 Å². The summed E-state index contributed by atoms with van der Waals surface area (Å²) in [7, 11) is 1.82. The van der Waals surface area contributed by atoms with Crippen molar-refractivity contribution in [3.05, 3.63) is 0 Å². The Morgan fingerprint density at radius 1 is 1.33 bits per heavy atom. The van der Waals surface area contributed by atoms with Gasteiger partial charge in [0, 0.05) is 12.5 Å². The second-order valence-electron chi connectivity index (χ2n) is 5.77. The standard InChI is InChI=1S/C13H27NO/c1-10(2)7-14-8-12-6-13(12,9-15-5)11(3)4/h10-12,14H,6-9H2,1-5H3. The fourth-order valence-electron chi connectivity index (χ4n) is 2.54. The Hall–Kier alpha value is -0.0800. The molecular weight excluding hydrogens is 186 g/mol. The number of ether oxygens (including phenoxy) is 1. The van der Waals surface area contributed by atoms with E-state index in [0.717, 1.165) is 30.9 Å². The lowest BCUT2D eigenvalue weighted by Gasteiger charge is -2.21. The van der Waals surface area contributed by atoms with Crippen LogP contribution in [0.1, 0.15) is 34.1 Å². The summed E-state index contributed by atoms with van der Waals surface area (Å²) in [6.45, 7) is 12.4. The largest absolute Gasteiger partial charge is 0.384 e. The van der Waals surface area contributed by atoms with E-state index in [1.165, 1.54) is 13.0 Å². The molecule has 2 unspecified atom stereocenters. The van der Waals surface area contributed by atoms with Crippen LogP contribution in [0.4, 0.5) is 0 Å². The van der Waals surface area contributed by atoms with Gasteiger partial charge < -0.3 is 10.1 Å². The minimum Gasteiger partial charge on any atom is -0.384 e. The maximum absolute atomic E-state index is 5.36. The van der Waals surface area contributed by atoms with Gasteiger partial charge in [-0.1, -0.05) is 27.7 Å². The van der Waals surface area contributed by atoms with Crippen molar-refractivity contribution in [2.75, 3.05) is 26.8 Å². The second kappa shape index (κ2) is 5.31. The van der Waals surface area contributed by atoms with Crippen LogP contribution in [0.15, 0.2) is 0 Å². The average Bonchev–Trinajstić information content (AvgIpc) is 2.80. The fraction of sp³-hybridized carbons (Fsp3) is 1.00. The third kappa shape index (κ3) is 3.18. The Morgan fingerprint density at radius 3 is 2.47 bits per heavy atom. The molecule has 90 valence electrons. The average molecular weight is 213 g/mol. The molecular formula is C13H27NO. The van der Waals surface area contributed by atoms with E-state index in [1.54, 1.807) is 0 Å². The van der Waals surface area contributed by atoms with Crippen molar-refractivity contribution in [3.63, 3.8) is 0 Å². The van der Waals surface area contributed by atoms with Crippen LogP contribution in [0.3, 0.4) is 0 Å². The topological polar surface area (TPSA) is 21.3 Å². The predicted octanol–water partition coefficient (Wildman–Crippen LogP) is 2.54. The third-order valence-corrected chi connectivity index (χ3v) is 3.79. The molecule has 0 radical (unpaired) electrons. The summed E-state index contributed by atoms with van der Waals surface area (Å²) >= 11 is 0. The number of rotatable bonds is 7. The van der Waals surface area contributed by atoms with E-state index in [0.29, 0.717) is 5.41 Å². The van der Waals surface area contributed by atoms with Crippen molar-refractivity contribution in [2.24, 2.45) is 23.2 Å². The van der Waals surface area contributed by atoms with Gasteiger partial charge in [-0.05, 0) is 37.3 Å². The predicted molar refractivity (Wildman–Crippen MR) is 65.0 cm³/mol. The Balaban J connectivity index is 2.28. The van der Waals surface area contributed by atoms with E-state index in [9.17, 15) is 0 Å². The van der Waals surface area contributed by atoms with Gasteiger partial charge in [-0.25, -0.2) is 0 Å². The zero-order chi connectivity index (χ0) is 11.5. The zero-order valence-corrected chi connectivity index (χ0v) is 11.0. The molecule has 0 heterocycles. The minimum atomic E-state index is 0.471. The maximum atomic E-state index is 5.36. The quantitative estimate of drug-likeness (QED) is 0.702. The van der Waals surface area contributed by atoms with Gasteiger partial charge >= 0.3 is 0 Å². The highest BCUT2D eigenvalue weighted by atomic mass is 16.5. The number of hydrogen-bond donors (Lipinski definition) is 1. The Labute approximate surface area is 94.8 Å². The summed E-state index contributed by atoms with van der Waals surface area (Å²) in [4.78, 5) is 0. The molecule has 0 aromatic carbocycles. The first kappa shape index (κ1) is 13.0. The molecule has 2 atom stereocenters. The molecule has 1 N–H and O–H groups in total. The van der Waals surface area contributed by atoms with Crippen LogP contribution < -0.4 is 5.32 Å². The molecule has 2 nitrogen and oxygen atoms in total. The summed E-state index contributed by atoms with van der Waals surface area (Å²) in [6, 6.07) is 0. The summed E-state index contributed by atoms with van der Waals surface area (Å²) in [5.41, 5.74) is 0.471. The summed E-state index contributed by atoms with van der Waals surface area (Å²) in [5, 5.41) is 3.56. The summed E-state index contributed by atoms with van der Waals surface area (Å²) in [6.07, 6.45) is 1.34. The third-order valence-electron chi connectivity index (χ3n) is 3.79. The molecule has 0 spiro atoms. The fourth-order valence-corrected chi connectivity index (χ4v) is 2.54. The van der Waals surface area contributed by atoms with E-state index < -0.39 is 0 Å². The second-order valence-corrected chi connectivity index (χ2v) is 5.77. The van der Waals surface area contributed by atoms with E-state index >= 15 is 0 Å². The number of hydrogen-bond acceptors (Lipinski definition) is 2. The van der Waals surface area contributed by atoms with Crippen LogP contribution >= 0.6 is 0 Å². The smallest absolute Gasteiger partial charge is 0.0524 e. The first-order valence-corrected chi connectivity index (χ1v) is 6.22. The lowest BCUT2D eigenvalue weighted by molar-refractivity contribution is 0.104. The summed E-state index contributed by atoms with van der Waals surface area (Å²) in [5.74, 6) is 2.32. The van der Waals surface area contributed by atoms with Crippen molar-refractivity contribution in [1.82, 2.24) is 5.32 Å². The molecule has 1 aliphatic rings.